The lowest BCUT2D eigenvalue weighted by molar-refractivity contribution is -0.120. The Morgan fingerprint density at radius 3 is 2.43 bits per heavy atom. The molecule has 0 spiro atoms. The van der Waals surface area contributed by atoms with Crippen LogP contribution >= 0.6 is 0 Å². The number of aryl methyl sites for hydroxylation is 1. The molecule has 0 saturated heterocycles. The molecule has 0 bridgehead atoms. The molecule has 0 fully saturated rings. The van der Waals surface area contributed by atoms with Crippen molar-refractivity contribution < 1.29 is 19.1 Å². The molecule has 1 aromatic carbocycles. The van der Waals surface area contributed by atoms with E-state index >= 15 is 0 Å². The number of carbonyl (C=O) groups is 3. The minimum absolute atomic E-state index is 0.134. The van der Waals surface area contributed by atoms with Gasteiger partial charge < -0.3 is 20.3 Å². The predicted octanol–water partition coefficient (Wildman–Crippen LogP) is 2.88. The van der Waals surface area contributed by atoms with E-state index in [9.17, 15) is 14.4 Å². The molecule has 0 heterocycles. The van der Waals surface area contributed by atoms with Crippen LogP contribution in [-0.2, 0) is 9.53 Å². The van der Waals surface area contributed by atoms with E-state index in [0.29, 0.717) is 31.6 Å². The summed E-state index contributed by atoms with van der Waals surface area (Å²) in [4.78, 5) is 37.5. The quantitative estimate of drug-likeness (QED) is 0.634. The third kappa shape index (κ3) is 9.39. The first kappa shape index (κ1) is 23.5. The second-order valence-electron chi connectivity index (χ2n) is 7.64. The van der Waals surface area contributed by atoms with Gasteiger partial charge in [0.05, 0.1) is 0 Å². The Balaban J connectivity index is 2.22. The average molecular weight is 392 g/mol. The maximum absolute atomic E-state index is 12.0. The number of carbonyl (C=O) groups excluding carboxylic acids is 3. The van der Waals surface area contributed by atoms with Crippen LogP contribution in [0.1, 0.15) is 56.5 Å². The van der Waals surface area contributed by atoms with Crippen molar-refractivity contribution in [3.8, 4) is 0 Å². The lowest BCUT2D eigenvalue weighted by atomic mass is 10.1. The van der Waals surface area contributed by atoms with Crippen molar-refractivity contribution in [3.05, 3.63) is 35.4 Å². The molecule has 3 amide bonds. The average Bonchev–Trinajstić information content (AvgIpc) is 2.60. The van der Waals surface area contributed by atoms with Gasteiger partial charge in [-0.3, -0.25) is 9.59 Å². The summed E-state index contributed by atoms with van der Waals surface area (Å²) < 4.78 is 5.35. The van der Waals surface area contributed by atoms with Gasteiger partial charge in [-0.1, -0.05) is 17.7 Å². The number of hydrogen-bond donors (Lipinski definition) is 2. The summed E-state index contributed by atoms with van der Waals surface area (Å²) in [6, 6.07) is 7.30. The maximum atomic E-state index is 12.0. The molecule has 7 nitrogen and oxygen atoms in total. The van der Waals surface area contributed by atoms with Gasteiger partial charge in [-0.05, 0) is 53.2 Å². The molecule has 0 radical (unpaired) electrons. The molecule has 1 aromatic rings. The van der Waals surface area contributed by atoms with Crippen LogP contribution < -0.4 is 10.6 Å². The number of nitrogens with one attached hydrogen (secondary N) is 2. The number of nitrogens with zero attached hydrogens (tertiary/aromatic N) is 1. The first-order valence-corrected chi connectivity index (χ1v) is 9.72. The molecule has 0 aliphatic rings. The Morgan fingerprint density at radius 2 is 1.82 bits per heavy atom. The van der Waals surface area contributed by atoms with Crippen molar-refractivity contribution >= 4 is 17.9 Å². The van der Waals surface area contributed by atoms with Crippen molar-refractivity contribution in [2.75, 3.05) is 26.2 Å². The molecular formula is C21H33N3O4. The van der Waals surface area contributed by atoms with Gasteiger partial charge in [0.1, 0.15) is 5.60 Å². The van der Waals surface area contributed by atoms with Crippen LogP contribution in [0.15, 0.2) is 24.3 Å². The summed E-state index contributed by atoms with van der Waals surface area (Å²) in [6.07, 6.45) is 0.496. The smallest absolute Gasteiger partial charge is 0.410 e. The van der Waals surface area contributed by atoms with Gasteiger partial charge in [-0.2, -0.15) is 0 Å². The molecule has 0 saturated carbocycles. The topological polar surface area (TPSA) is 87.7 Å². The van der Waals surface area contributed by atoms with Crippen molar-refractivity contribution in [1.29, 1.82) is 0 Å². The van der Waals surface area contributed by atoms with Crippen LogP contribution in [0.25, 0.3) is 0 Å². The monoisotopic (exact) mass is 391 g/mol. The zero-order chi connectivity index (χ0) is 21.2. The molecule has 0 atom stereocenters. The second-order valence-corrected chi connectivity index (χ2v) is 7.64. The zero-order valence-electron chi connectivity index (χ0n) is 17.6. The lowest BCUT2D eigenvalue weighted by Gasteiger charge is -2.26. The van der Waals surface area contributed by atoms with E-state index in [1.807, 2.05) is 46.8 Å². The second kappa shape index (κ2) is 11.3. The van der Waals surface area contributed by atoms with E-state index < -0.39 is 5.60 Å². The van der Waals surface area contributed by atoms with Crippen molar-refractivity contribution in [3.63, 3.8) is 0 Å². The number of amides is 3. The summed E-state index contributed by atoms with van der Waals surface area (Å²) in [6.45, 7) is 11.1. The molecule has 28 heavy (non-hydrogen) atoms. The molecule has 1 rings (SSSR count). The standard InChI is InChI=1S/C21H33N3O4/c1-6-24(20(27)28-21(3,4)5)14-8-12-22-18(25)11-13-23-19(26)17-10-7-9-16(2)15-17/h7,9-10,15H,6,8,11-14H2,1-5H3,(H,22,25)(H,23,26). The highest BCUT2D eigenvalue weighted by molar-refractivity contribution is 5.94. The molecule has 0 unspecified atom stereocenters. The van der Waals surface area contributed by atoms with Crippen molar-refractivity contribution in [2.24, 2.45) is 0 Å². The van der Waals surface area contributed by atoms with Crippen molar-refractivity contribution in [2.45, 2.75) is 53.1 Å². The first-order valence-electron chi connectivity index (χ1n) is 9.72. The molecule has 156 valence electrons. The van der Waals surface area contributed by atoms with E-state index in [4.69, 9.17) is 4.74 Å². The molecule has 0 aliphatic heterocycles. The fraction of sp³-hybridized carbons (Fsp3) is 0.571. The van der Waals surface area contributed by atoms with Crippen LogP contribution in [0.3, 0.4) is 0 Å². The van der Waals surface area contributed by atoms with Crippen LogP contribution in [0.5, 0.6) is 0 Å². The van der Waals surface area contributed by atoms with Gasteiger partial charge in [0.2, 0.25) is 5.91 Å². The third-order valence-electron chi connectivity index (χ3n) is 3.88. The van der Waals surface area contributed by atoms with Crippen LogP contribution in [0.4, 0.5) is 4.79 Å². The molecular weight excluding hydrogens is 358 g/mol. The normalized spacial score (nSPS) is 10.9. The Hall–Kier alpha value is -2.57. The molecule has 7 heteroatoms. The van der Waals surface area contributed by atoms with Gasteiger partial charge in [0, 0.05) is 38.2 Å². The van der Waals surface area contributed by atoms with E-state index in [-0.39, 0.29) is 30.9 Å². The van der Waals surface area contributed by atoms with Gasteiger partial charge >= 0.3 is 6.09 Å². The summed E-state index contributed by atoms with van der Waals surface area (Å²) in [7, 11) is 0. The van der Waals surface area contributed by atoms with E-state index in [2.05, 4.69) is 10.6 Å². The Labute approximate surface area is 167 Å². The number of hydrogen-bond acceptors (Lipinski definition) is 4. The highest BCUT2D eigenvalue weighted by atomic mass is 16.6. The summed E-state index contributed by atoms with van der Waals surface area (Å²) in [5.41, 5.74) is 1.07. The lowest BCUT2D eigenvalue weighted by Crippen LogP contribution is -2.38. The van der Waals surface area contributed by atoms with Crippen molar-refractivity contribution in [1.82, 2.24) is 15.5 Å². The van der Waals surface area contributed by atoms with E-state index in [0.717, 1.165) is 5.56 Å². The fourth-order valence-corrected chi connectivity index (χ4v) is 2.47. The number of benzene rings is 1. The summed E-state index contributed by atoms with van der Waals surface area (Å²) >= 11 is 0. The maximum Gasteiger partial charge on any atom is 0.410 e. The van der Waals surface area contributed by atoms with Gasteiger partial charge in [0.25, 0.3) is 5.91 Å². The number of ether oxygens (including phenoxy) is 1. The minimum Gasteiger partial charge on any atom is -0.444 e. The Kier molecular flexibility index (Phi) is 9.48. The van der Waals surface area contributed by atoms with Gasteiger partial charge in [-0.15, -0.1) is 0 Å². The largest absolute Gasteiger partial charge is 0.444 e. The summed E-state index contributed by atoms with van der Waals surface area (Å²) in [5.74, 6) is -0.322. The van der Waals surface area contributed by atoms with E-state index in [1.165, 1.54) is 0 Å². The zero-order valence-corrected chi connectivity index (χ0v) is 17.6. The fourth-order valence-electron chi connectivity index (χ4n) is 2.47. The predicted molar refractivity (Wildman–Crippen MR) is 109 cm³/mol. The third-order valence-corrected chi connectivity index (χ3v) is 3.88. The summed E-state index contributed by atoms with van der Waals surface area (Å²) in [5, 5.41) is 5.55. The highest BCUT2D eigenvalue weighted by Crippen LogP contribution is 2.10. The SMILES string of the molecule is CCN(CCCNC(=O)CCNC(=O)c1cccc(C)c1)C(=O)OC(C)(C)C. The molecule has 0 aromatic heterocycles. The van der Waals surface area contributed by atoms with Gasteiger partial charge in [0.15, 0.2) is 0 Å². The Bertz CT molecular complexity index is 668. The molecule has 0 aliphatic carbocycles. The first-order chi connectivity index (χ1) is 13.1. The van der Waals surface area contributed by atoms with Gasteiger partial charge in [-0.25, -0.2) is 4.79 Å². The number of rotatable bonds is 9. The van der Waals surface area contributed by atoms with E-state index in [1.54, 1.807) is 17.0 Å². The molecule has 2 N–H and O–H groups in total. The van der Waals surface area contributed by atoms with Crippen LogP contribution in [0.2, 0.25) is 0 Å². The van der Waals surface area contributed by atoms with Crippen LogP contribution in [0, 0.1) is 6.92 Å². The highest BCUT2D eigenvalue weighted by Gasteiger charge is 2.20. The van der Waals surface area contributed by atoms with Crippen LogP contribution in [-0.4, -0.2) is 54.6 Å². The minimum atomic E-state index is -0.526. The Morgan fingerprint density at radius 1 is 1.11 bits per heavy atom.